The van der Waals surface area contributed by atoms with Crippen molar-refractivity contribution in [3.8, 4) is 0 Å². The zero-order valence-electron chi connectivity index (χ0n) is 12.0. The summed E-state index contributed by atoms with van der Waals surface area (Å²) in [5.41, 5.74) is 1.43. The molecule has 0 amide bonds. The number of rotatable bonds is 9. The van der Waals surface area contributed by atoms with E-state index < -0.39 is 0 Å². The lowest BCUT2D eigenvalue weighted by atomic mass is 9.85. The van der Waals surface area contributed by atoms with Gasteiger partial charge in [0.25, 0.3) is 0 Å². The highest BCUT2D eigenvalue weighted by molar-refractivity contribution is 5.20. The maximum Gasteiger partial charge on any atom is 0.0465 e. The Hall–Kier alpha value is -0.860. The van der Waals surface area contributed by atoms with Crippen LogP contribution >= 0.6 is 0 Å². The molecule has 2 unspecified atom stereocenters. The molecule has 0 fully saturated rings. The van der Waals surface area contributed by atoms with E-state index >= 15 is 0 Å². The van der Waals surface area contributed by atoms with E-state index in [-0.39, 0.29) is 0 Å². The molecule has 0 aliphatic rings. The first-order valence-corrected chi connectivity index (χ1v) is 7.04. The predicted molar refractivity (Wildman–Crippen MR) is 78.0 cm³/mol. The van der Waals surface area contributed by atoms with Gasteiger partial charge in [-0.15, -0.1) is 0 Å². The lowest BCUT2D eigenvalue weighted by molar-refractivity contribution is 0.174. The van der Waals surface area contributed by atoms with Crippen LogP contribution in [0.3, 0.4) is 0 Å². The van der Waals surface area contributed by atoms with Gasteiger partial charge in [0, 0.05) is 20.3 Å². The van der Waals surface area contributed by atoms with Gasteiger partial charge in [-0.1, -0.05) is 44.2 Å². The topological polar surface area (TPSA) is 21.3 Å². The van der Waals surface area contributed by atoms with Crippen molar-refractivity contribution in [2.24, 2.45) is 5.92 Å². The summed E-state index contributed by atoms with van der Waals surface area (Å²) < 4.78 is 5.20. The molecule has 0 aromatic heterocycles. The summed E-state index contributed by atoms with van der Waals surface area (Å²) in [5, 5.41) is 3.55. The summed E-state index contributed by atoms with van der Waals surface area (Å²) in [5.74, 6) is 1.21. The van der Waals surface area contributed by atoms with Crippen molar-refractivity contribution in [1.82, 2.24) is 5.32 Å². The highest BCUT2D eigenvalue weighted by atomic mass is 16.5. The summed E-state index contributed by atoms with van der Waals surface area (Å²) in [6, 6.07) is 10.8. The van der Waals surface area contributed by atoms with Gasteiger partial charge in [0.05, 0.1) is 0 Å². The summed E-state index contributed by atoms with van der Waals surface area (Å²) >= 11 is 0. The molecule has 2 heteroatoms. The molecule has 0 saturated heterocycles. The van der Waals surface area contributed by atoms with Crippen LogP contribution in [0.15, 0.2) is 30.3 Å². The molecule has 0 saturated carbocycles. The second-order valence-corrected chi connectivity index (χ2v) is 4.98. The second-order valence-electron chi connectivity index (χ2n) is 4.98. The maximum absolute atomic E-state index is 5.20. The number of hydrogen-bond acceptors (Lipinski definition) is 2. The number of hydrogen-bond donors (Lipinski definition) is 1. The van der Waals surface area contributed by atoms with Crippen molar-refractivity contribution >= 4 is 0 Å². The first kappa shape index (κ1) is 15.2. The smallest absolute Gasteiger partial charge is 0.0465 e. The van der Waals surface area contributed by atoms with Gasteiger partial charge in [0.2, 0.25) is 0 Å². The molecule has 0 radical (unpaired) electrons. The van der Waals surface area contributed by atoms with Gasteiger partial charge in [0.1, 0.15) is 0 Å². The SMILES string of the molecule is CCCNCC(c1ccccc1)C(C)CCOC. The van der Waals surface area contributed by atoms with Gasteiger partial charge in [0.15, 0.2) is 0 Å². The summed E-state index contributed by atoms with van der Waals surface area (Å²) in [6.07, 6.45) is 2.30. The molecule has 1 rings (SSSR count). The average molecular weight is 249 g/mol. The van der Waals surface area contributed by atoms with Crippen LogP contribution < -0.4 is 5.32 Å². The Bertz CT molecular complexity index is 299. The van der Waals surface area contributed by atoms with Crippen LogP contribution in [0.5, 0.6) is 0 Å². The molecule has 0 aliphatic carbocycles. The van der Waals surface area contributed by atoms with Crippen LogP contribution in [-0.4, -0.2) is 26.8 Å². The molecular weight excluding hydrogens is 222 g/mol. The van der Waals surface area contributed by atoms with Crippen LogP contribution in [0.1, 0.15) is 38.2 Å². The Morgan fingerprint density at radius 3 is 2.56 bits per heavy atom. The molecule has 2 atom stereocenters. The van der Waals surface area contributed by atoms with E-state index in [2.05, 4.69) is 49.5 Å². The summed E-state index contributed by atoms with van der Waals surface area (Å²) in [7, 11) is 1.78. The zero-order chi connectivity index (χ0) is 13.2. The van der Waals surface area contributed by atoms with Crippen LogP contribution in [-0.2, 0) is 4.74 Å². The fourth-order valence-electron chi connectivity index (χ4n) is 2.29. The van der Waals surface area contributed by atoms with E-state index in [9.17, 15) is 0 Å². The number of ether oxygens (including phenoxy) is 1. The minimum Gasteiger partial charge on any atom is -0.385 e. The molecule has 1 aromatic rings. The highest BCUT2D eigenvalue weighted by Gasteiger charge is 2.18. The monoisotopic (exact) mass is 249 g/mol. The summed E-state index contributed by atoms with van der Waals surface area (Å²) in [6.45, 7) is 7.53. The number of benzene rings is 1. The minimum absolute atomic E-state index is 0.577. The first-order chi connectivity index (χ1) is 8.79. The summed E-state index contributed by atoms with van der Waals surface area (Å²) in [4.78, 5) is 0. The Balaban J connectivity index is 2.62. The predicted octanol–water partition coefficient (Wildman–Crippen LogP) is 3.44. The third-order valence-corrected chi connectivity index (χ3v) is 3.48. The standard InChI is InChI=1S/C16H27NO/c1-4-11-17-13-16(14(2)10-12-18-3)15-8-6-5-7-9-15/h5-9,14,16-17H,4,10-13H2,1-3H3. The van der Waals surface area contributed by atoms with Gasteiger partial charge in [-0.3, -0.25) is 0 Å². The van der Waals surface area contributed by atoms with Crippen LogP contribution in [0, 0.1) is 5.92 Å². The Kier molecular flexibility index (Phi) is 7.70. The quantitative estimate of drug-likeness (QED) is 0.677. The third kappa shape index (κ3) is 5.19. The molecule has 0 bridgehead atoms. The lowest BCUT2D eigenvalue weighted by Crippen LogP contribution is -2.26. The Labute approximate surface area is 112 Å². The molecule has 2 nitrogen and oxygen atoms in total. The van der Waals surface area contributed by atoms with Gasteiger partial charge in [-0.05, 0) is 36.8 Å². The van der Waals surface area contributed by atoms with E-state index in [1.54, 1.807) is 7.11 Å². The number of nitrogens with one attached hydrogen (secondary N) is 1. The van der Waals surface area contributed by atoms with Crippen molar-refractivity contribution in [3.05, 3.63) is 35.9 Å². The van der Waals surface area contributed by atoms with Gasteiger partial charge >= 0.3 is 0 Å². The number of methoxy groups -OCH3 is 1. The van der Waals surface area contributed by atoms with E-state index in [0.717, 1.165) is 26.1 Å². The van der Waals surface area contributed by atoms with E-state index in [1.807, 2.05) is 0 Å². The molecule has 1 N–H and O–H groups in total. The first-order valence-electron chi connectivity index (χ1n) is 7.04. The van der Waals surface area contributed by atoms with E-state index in [1.165, 1.54) is 12.0 Å². The normalized spacial score (nSPS) is 14.4. The second kappa shape index (κ2) is 9.12. The van der Waals surface area contributed by atoms with Crippen molar-refractivity contribution in [2.45, 2.75) is 32.6 Å². The Morgan fingerprint density at radius 2 is 1.94 bits per heavy atom. The van der Waals surface area contributed by atoms with Crippen LogP contribution in [0.2, 0.25) is 0 Å². The van der Waals surface area contributed by atoms with Crippen molar-refractivity contribution in [2.75, 3.05) is 26.8 Å². The third-order valence-electron chi connectivity index (χ3n) is 3.48. The van der Waals surface area contributed by atoms with Crippen LogP contribution in [0.25, 0.3) is 0 Å². The Morgan fingerprint density at radius 1 is 1.22 bits per heavy atom. The fraction of sp³-hybridized carbons (Fsp3) is 0.625. The van der Waals surface area contributed by atoms with Crippen LogP contribution in [0.4, 0.5) is 0 Å². The lowest BCUT2D eigenvalue weighted by Gasteiger charge is -2.25. The maximum atomic E-state index is 5.20. The molecular formula is C16H27NO. The molecule has 0 aliphatic heterocycles. The van der Waals surface area contributed by atoms with Crippen molar-refractivity contribution < 1.29 is 4.74 Å². The molecule has 0 heterocycles. The molecule has 102 valence electrons. The van der Waals surface area contributed by atoms with Crippen molar-refractivity contribution in [3.63, 3.8) is 0 Å². The molecule has 18 heavy (non-hydrogen) atoms. The van der Waals surface area contributed by atoms with Crippen molar-refractivity contribution in [1.29, 1.82) is 0 Å². The minimum atomic E-state index is 0.577. The zero-order valence-corrected chi connectivity index (χ0v) is 12.0. The van der Waals surface area contributed by atoms with E-state index in [4.69, 9.17) is 4.74 Å². The highest BCUT2D eigenvalue weighted by Crippen LogP contribution is 2.26. The fourth-order valence-corrected chi connectivity index (χ4v) is 2.29. The largest absolute Gasteiger partial charge is 0.385 e. The van der Waals surface area contributed by atoms with E-state index in [0.29, 0.717) is 11.8 Å². The molecule has 0 spiro atoms. The van der Waals surface area contributed by atoms with Gasteiger partial charge < -0.3 is 10.1 Å². The van der Waals surface area contributed by atoms with Gasteiger partial charge in [-0.2, -0.15) is 0 Å². The average Bonchev–Trinajstić information content (AvgIpc) is 2.42. The molecule has 1 aromatic carbocycles. The van der Waals surface area contributed by atoms with Gasteiger partial charge in [-0.25, -0.2) is 0 Å².